The van der Waals surface area contributed by atoms with Crippen molar-refractivity contribution in [3.63, 3.8) is 0 Å². The molecule has 160 valence electrons. The van der Waals surface area contributed by atoms with E-state index < -0.39 is 20.5 Å². The van der Waals surface area contributed by atoms with E-state index in [2.05, 4.69) is 20.8 Å². The minimum Gasteiger partial charge on any atom is -0.726 e. The van der Waals surface area contributed by atoms with Crippen LogP contribution in [0.5, 0.6) is 0 Å². The first kappa shape index (κ1) is 28.0. The molecule has 8 nitrogen and oxygen atoms in total. The highest BCUT2D eigenvalue weighted by molar-refractivity contribution is 7.85. The maximum absolute atomic E-state index is 10.8. The van der Waals surface area contributed by atoms with Gasteiger partial charge in [0.2, 0.25) is 10.4 Å². The summed E-state index contributed by atoms with van der Waals surface area (Å²) in [6, 6.07) is 0. The predicted octanol–water partition coefficient (Wildman–Crippen LogP) is 2.88. The van der Waals surface area contributed by atoms with Gasteiger partial charge in [-0.15, -0.1) is 0 Å². The third-order valence-corrected chi connectivity index (χ3v) is 5.05. The van der Waals surface area contributed by atoms with E-state index in [1.54, 1.807) is 0 Å². The summed E-state index contributed by atoms with van der Waals surface area (Å²) in [5.41, 5.74) is 0. The number of hydrogen-bond donors (Lipinski definition) is 2. The second-order valence-electron chi connectivity index (χ2n) is 6.72. The van der Waals surface area contributed by atoms with Crippen LogP contribution in [-0.2, 0) is 20.5 Å². The second-order valence-corrected chi connectivity index (χ2v) is 9.15. The van der Waals surface area contributed by atoms with E-state index in [0.29, 0.717) is 6.42 Å². The quantitative estimate of drug-likeness (QED) is 0.191. The van der Waals surface area contributed by atoms with Crippen molar-refractivity contribution in [2.75, 3.05) is 31.9 Å². The van der Waals surface area contributed by atoms with Crippen LogP contribution >= 0.6 is 0 Å². The van der Waals surface area contributed by atoms with Crippen molar-refractivity contribution in [3.05, 3.63) is 0 Å². The molecule has 0 aliphatic rings. The Labute approximate surface area is 159 Å². The normalized spacial score (nSPS) is 12.5. The smallest absolute Gasteiger partial charge is 0.264 e. The number of hydrogen-bond acceptors (Lipinski definition) is 5. The van der Waals surface area contributed by atoms with E-state index in [0.717, 1.165) is 17.4 Å². The molecule has 0 atom stereocenters. The van der Waals surface area contributed by atoms with E-state index >= 15 is 0 Å². The molecular formula is C16H37NO7S2. The van der Waals surface area contributed by atoms with Gasteiger partial charge in [-0.05, 0) is 32.1 Å². The molecule has 2 N–H and O–H groups in total. The molecule has 0 aromatic heterocycles. The van der Waals surface area contributed by atoms with Gasteiger partial charge >= 0.3 is 0 Å². The van der Waals surface area contributed by atoms with Gasteiger partial charge in [-0.2, -0.15) is 8.42 Å². The average molecular weight is 420 g/mol. The van der Waals surface area contributed by atoms with Crippen molar-refractivity contribution in [1.82, 2.24) is 0 Å². The predicted molar refractivity (Wildman–Crippen MR) is 102 cm³/mol. The summed E-state index contributed by atoms with van der Waals surface area (Å²) in [6.07, 6.45) is 8.82. The van der Waals surface area contributed by atoms with Gasteiger partial charge < -0.3 is 9.04 Å². The second kappa shape index (κ2) is 14.8. The van der Waals surface area contributed by atoms with E-state index in [9.17, 15) is 8.42 Å². The van der Waals surface area contributed by atoms with Crippen LogP contribution in [0.2, 0.25) is 0 Å². The van der Waals surface area contributed by atoms with Crippen LogP contribution in [0.15, 0.2) is 0 Å². The molecular weight excluding hydrogens is 382 g/mol. The van der Waals surface area contributed by atoms with Gasteiger partial charge in [0.1, 0.15) is 0 Å². The molecule has 0 bridgehead atoms. The molecule has 0 amide bonds. The van der Waals surface area contributed by atoms with E-state index in [4.69, 9.17) is 22.1 Å². The molecule has 26 heavy (non-hydrogen) atoms. The van der Waals surface area contributed by atoms with Crippen molar-refractivity contribution in [1.29, 1.82) is 0 Å². The van der Waals surface area contributed by atoms with Crippen LogP contribution < -0.4 is 0 Å². The van der Waals surface area contributed by atoms with Gasteiger partial charge in [-0.25, -0.2) is 8.42 Å². The van der Waals surface area contributed by atoms with Gasteiger partial charge in [0, 0.05) is 0 Å². The fraction of sp³-hybridized carbons (Fsp3) is 1.00. The van der Waals surface area contributed by atoms with Crippen molar-refractivity contribution >= 4 is 20.5 Å². The fourth-order valence-corrected chi connectivity index (χ4v) is 3.45. The molecule has 0 aliphatic heterocycles. The van der Waals surface area contributed by atoms with Crippen molar-refractivity contribution < 1.29 is 35.0 Å². The number of quaternary nitrogens is 1. The Morgan fingerprint density at radius 3 is 1.27 bits per heavy atom. The van der Waals surface area contributed by atoms with E-state index in [1.807, 2.05) is 0 Å². The average Bonchev–Trinajstić information content (AvgIpc) is 2.50. The lowest BCUT2D eigenvalue weighted by molar-refractivity contribution is -0.929. The third-order valence-electron chi connectivity index (χ3n) is 4.24. The first-order valence-electron chi connectivity index (χ1n) is 9.37. The Hall–Kier alpha value is -0.260. The number of nitrogens with zero attached hydrogens (tertiary/aromatic N) is 1. The zero-order valence-electron chi connectivity index (χ0n) is 16.4. The molecule has 0 fully saturated rings. The summed E-state index contributed by atoms with van der Waals surface area (Å²) in [4.78, 5) is 0. The van der Waals surface area contributed by atoms with Gasteiger partial charge in [0.15, 0.2) is 0 Å². The molecule has 0 aromatic carbocycles. The largest absolute Gasteiger partial charge is 0.726 e. The van der Waals surface area contributed by atoms with Gasteiger partial charge in [-0.3, -0.25) is 9.11 Å². The van der Waals surface area contributed by atoms with Crippen LogP contribution in [0.3, 0.4) is 0 Å². The molecule has 0 aliphatic carbocycles. The lowest BCUT2D eigenvalue weighted by Gasteiger charge is -2.39. The maximum atomic E-state index is 10.8. The summed E-state index contributed by atoms with van der Waals surface area (Å²) in [7, 11) is -8.72. The molecule has 0 aromatic rings. The molecule has 0 unspecified atom stereocenters. The molecule has 0 saturated heterocycles. The Bertz CT molecular complexity index is 503. The van der Waals surface area contributed by atoms with Crippen LogP contribution in [-0.4, -0.2) is 66.9 Å². The Balaban J connectivity index is 0. The Kier molecular flexibility index (Phi) is 15.9. The topological polar surface area (TPSA) is 132 Å². The van der Waals surface area contributed by atoms with Crippen molar-refractivity contribution in [2.24, 2.45) is 0 Å². The van der Waals surface area contributed by atoms with Gasteiger partial charge in [0.05, 0.1) is 31.9 Å². The minimum atomic E-state index is -4.92. The van der Waals surface area contributed by atoms with E-state index in [-0.39, 0.29) is 5.75 Å². The highest BCUT2D eigenvalue weighted by atomic mass is 32.3. The molecule has 0 spiro atoms. The van der Waals surface area contributed by atoms with Gasteiger partial charge in [0.25, 0.3) is 10.1 Å². The zero-order valence-corrected chi connectivity index (χ0v) is 18.0. The van der Waals surface area contributed by atoms with Crippen molar-refractivity contribution in [2.45, 2.75) is 72.1 Å². The standard InChI is InChI=1S/C16H35NO3S.H2O4S/c1-4-7-12-17(13-8-5-2,14-9-6-3)15-10-11-16-21(18,19)20;1-5(2,3)4/h4-16H2,1-3H3;(H2,1,2,3,4). The highest BCUT2D eigenvalue weighted by Crippen LogP contribution is 2.16. The number of rotatable bonds is 14. The first-order valence-corrected chi connectivity index (χ1v) is 12.3. The highest BCUT2D eigenvalue weighted by Gasteiger charge is 2.25. The van der Waals surface area contributed by atoms with Crippen LogP contribution in [0.25, 0.3) is 0 Å². The van der Waals surface area contributed by atoms with Crippen LogP contribution in [0, 0.1) is 0 Å². The fourth-order valence-electron chi connectivity index (χ4n) is 2.88. The monoisotopic (exact) mass is 419 g/mol. The summed E-state index contributed by atoms with van der Waals surface area (Å²) in [5, 5.41) is 0. The summed E-state index contributed by atoms with van der Waals surface area (Å²) in [6.45, 7) is 11.4. The first-order chi connectivity index (χ1) is 11.9. The van der Waals surface area contributed by atoms with Crippen LogP contribution in [0.1, 0.15) is 72.1 Å². The number of unbranched alkanes of at least 4 members (excludes halogenated alkanes) is 4. The summed E-state index contributed by atoms with van der Waals surface area (Å²) >= 11 is 0. The van der Waals surface area contributed by atoms with Gasteiger partial charge in [-0.1, -0.05) is 40.0 Å². The Morgan fingerprint density at radius 1 is 0.692 bits per heavy atom. The molecule has 10 heteroatoms. The minimum absolute atomic E-state index is 0.0949. The lowest BCUT2D eigenvalue weighted by atomic mass is 10.1. The molecule has 0 saturated carbocycles. The van der Waals surface area contributed by atoms with E-state index in [1.165, 1.54) is 58.2 Å². The molecule has 0 rings (SSSR count). The van der Waals surface area contributed by atoms with Crippen molar-refractivity contribution in [3.8, 4) is 0 Å². The zero-order chi connectivity index (χ0) is 20.7. The van der Waals surface area contributed by atoms with Crippen LogP contribution in [0.4, 0.5) is 0 Å². The summed E-state index contributed by atoms with van der Waals surface area (Å²) < 4.78 is 64.5. The third kappa shape index (κ3) is 21.8. The molecule has 0 heterocycles. The summed E-state index contributed by atoms with van der Waals surface area (Å²) in [5.74, 6) is -0.0949. The lowest BCUT2D eigenvalue weighted by Crippen LogP contribution is -2.50. The molecule has 0 radical (unpaired) electrons. The maximum Gasteiger partial charge on any atom is 0.264 e. The SMILES string of the molecule is CCCC[N+](CCCC)(CCCC)CCCCS(=O)(=O)O.O=S(=O)([O-])O. The Morgan fingerprint density at radius 2 is 1.00 bits per heavy atom.